The largest absolute Gasteiger partial charge is 0.488 e. The molecule has 0 bridgehead atoms. The lowest BCUT2D eigenvalue weighted by Gasteiger charge is -2.16. The Bertz CT molecular complexity index is 916. The van der Waals surface area contributed by atoms with E-state index in [1.54, 1.807) is 37.4 Å². The summed E-state index contributed by atoms with van der Waals surface area (Å²) in [5.74, 6) is 1.19. The van der Waals surface area contributed by atoms with Gasteiger partial charge in [0.25, 0.3) is 0 Å². The molecule has 0 radical (unpaired) electrons. The van der Waals surface area contributed by atoms with Crippen LogP contribution in [0.4, 0.5) is 0 Å². The minimum Gasteiger partial charge on any atom is -0.488 e. The molecule has 1 atom stereocenters. The van der Waals surface area contributed by atoms with Crippen molar-refractivity contribution in [2.45, 2.75) is 31.8 Å². The third-order valence-electron chi connectivity index (χ3n) is 3.92. The van der Waals surface area contributed by atoms with Crippen molar-refractivity contribution in [1.29, 1.82) is 0 Å². The Morgan fingerprint density at radius 1 is 0.964 bits per heavy atom. The first-order valence-corrected chi connectivity index (χ1v) is 10.8. The molecule has 0 saturated heterocycles. The predicted molar refractivity (Wildman–Crippen MR) is 107 cm³/mol. The van der Waals surface area contributed by atoms with Crippen molar-refractivity contribution in [3.8, 4) is 17.2 Å². The maximum atomic E-state index is 12.5. The molecule has 0 N–H and O–H groups in total. The number of methoxy groups -OCH3 is 1. The van der Waals surface area contributed by atoms with Gasteiger partial charge in [0, 0.05) is 30.9 Å². The van der Waals surface area contributed by atoms with Gasteiger partial charge in [-0.3, -0.25) is 4.79 Å². The number of Topliss-reactive ketones (excluding diaryl/α,β-unsaturated/α-hetero) is 1. The van der Waals surface area contributed by atoms with Crippen molar-refractivity contribution >= 4 is 15.6 Å². The Kier molecular flexibility index (Phi) is 7.21. The number of carbonyl (C=O) groups is 1. The smallest absolute Gasteiger partial charge is 0.175 e. The molecule has 0 spiro atoms. The molecular weight excluding hydrogens is 380 g/mol. The van der Waals surface area contributed by atoms with Crippen molar-refractivity contribution < 1.29 is 27.4 Å². The maximum absolute atomic E-state index is 12.5. The summed E-state index contributed by atoms with van der Waals surface area (Å²) in [6.45, 7) is 5.93. The summed E-state index contributed by atoms with van der Waals surface area (Å²) in [7, 11) is -1.69. The van der Waals surface area contributed by atoms with Crippen LogP contribution in [-0.2, 0) is 14.6 Å². The Labute approximate surface area is 166 Å². The van der Waals surface area contributed by atoms with E-state index in [1.807, 2.05) is 20.8 Å². The summed E-state index contributed by atoms with van der Waals surface area (Å²) in [6, 6.07) is 11.1. The molecule has 0 amide bonds. The van der Waals surface area contributed by atoms with Gasteiger partial charge in [-0.15, -0.1) is 0 Å². The zero-order valence-electron chi connectivity index (χ0n) is 16.8. The quantitative estimate of drug-likeness (QED) is 0.583. The van der Waals surface area contributed by atoms with Crippen LogP contribution in [0.15, 0.2) is 47.4 Å². The van der Waals surface area contributed by atoms with Crippen molar-refractivity contribution in [1.82, 2.24) is 0 Å². The van der Waals surface area contributed by atoms with E-state index in [0.29, 0.717) is 29.4 Å². The van der Waals surface area contributed by atoms with Gasteiger partial charge in [-0.25, -0.2) is 8.42 Å². The fourth-order valence-electron chi connectivity index (χ4n) is 2.57. The van der Waals surface area contributed by atoms with E-state index in [4.69, 9.17) is 14.2 Å². The molecule has 0 fully saturated rings. The summed E-state index contributed by atoms with van der Waals surface area (Å²) < 4.78 is 39.9. The van der Waals surface area contributed by atoms with E-state index < -0.39 is 9.84 Å². The maximum Gasteiger partial charge on any atom is 0.175 e. The van der Waals surface area contributed by atoms with E-state index in [2.05, 4.69) is 0 Å². The topological polar surface area (TPSA) is 78.9 Å². The first-order valence-electron chi connectivity index (χ1n) is 8.93. The third-order valence-corrected chi connectivity index (χ3v) is 5.04. The minimum absolute atomic E-state index is 0.0258. The van der Waals surface area contributed by atoms with Crippen molar-refractivity contribution in [3.05, 3.63) is 48.0 Å². The van der Waals surface area contributed by atoms with Gasteiger partial charge < -0.3 is 14.2 Å². The minimum atomic E-state index is -3.28. The van der Waals surface area contributed by atoms with Gasteiger partial charge >= 0.3 is 0 Å². The highest BCUT2D eigenvalue weighted by molar-refractivity contribution is 7.90. The van der Waals surface area contributed by atoms with Gasteiger partial charge in [-0.2, -0.15) is 0 Å². The number of rotatable bonds is 9. The van der Waals surface area contributed by atoms with Crippen LogP contribution in [0, 0.1) is 5.92 Å². The van der Waals surface area contributed by atoms with Crippen LogP contribution in [0.1, 0.15) is 31.1 Å². The molecule has 0 aromatic heterocycles. The SMILES string of the molecule is COC[C@H](C)Oc1cc(Oc2ccc(S(C)(=O)=O)cc2)cc(C(=O)C(C)C)c1. The zero-order chi connectivity index (χ0) is 20.9. The number of ether oxygens (including phenoxy) is 3. The number of hydrogen-bond donors (Lipinski definition) is 0. The molecule has 2 aromatic rings. The van der Waals surface area contributed by atoms with Crippen LogP contribution in [0.5, 0.6) is 17.2 Å². The van der Waals surface area contributed by atoms with E-state index in [-0.39, 0.29) is 22.7 Å². The van der Waals surface area contributed by atoms with Gasteiger partial charge in [0.2, 0.25) is 0 Å². The zero-order valence-corrected chi connectivity index (χ0v) is 17.6. The van der Waals surface area contributed by atoms with E-state index in [0.717, 1.165) is 6.26 Å². The summed E-state index contributed by atoms with van der Waals surface area (Å²) >= 11 is 0. The molecule has 152 valence electrons. The van der Waals surface area contributed by atoms with Gasteiger partial charge in [-0.1, -0.05) is 13.8 Å². The standard InChI is InChI=1S/C21H26O6S/c1-14(2)21(22)16-10-18(26-15(3)13-25-4)12-19(11-16)27-17-6-8-20(9-7-17)28(5,23)24/h6-12,14-15H,13H2,1-5H3/t15-/m0/s1. The average molecular weight is 407 g/mol. The van der Waals surface area contributed by atoms with Crippen molar-refractivity contribution in [2.24, 2.45) is 5.92 Å². The fourth-order valence-corrected chi connectivity index (χ4v) is 3.20. The summed E-state index contributed by atoms with van der Waals surface area (Å²) in [5.41, 5.74) is 0.486. The van der Waals surface area contributed by atoms with Crippen LogP contribution in [0.3, 0.4) is 0 Å². The Balaban J connectivity index is 2.33. The molecule has 0 saturated carbocycles. The van der Waals surface area contributed by atoms with Gasteiger partial charge in [0.05, 0.1) is 11.5 Å². The highest BCUT2D eigenvalue weighted by atomic mass is 32.2. The molecule has 6 nitrogen and oxygen atoms in total. The number of hydrogen-bond acceptors (Lipinski definition) is 6. The van der Waals surface area contributed by atoms with E-state index >= 15 is 0 Å². The molecule has 0 heterocycles. The normalized spacial score (nSPS) is 12.6. The lowest BCUT2D eigenvalue weighted by molar-refractivity contribution is 0.0906. The fraction of sp³-hybridized carbons (Fsp3) is 0.381. The first-order chi connectivity index (χ1) is 13.1. The van der Waals surface area contributed by atoms with Crippen LogP contribution in [-0.4, -0.2) is 40.3 Å². The Morgan fingerprint density at radius 3 is 2.11 bits per heavy atom. The molecule has 2 rings (SSSR count). The number of ketones is 1. The molecule has 0 unspecified atom stereocenters. The molecule has 7 heteroatoms. The molecular formula is C21H26O6S. The van der Waals surface area contributed by atoms with Gasteiger partial charge in [-0.05, 0) is 43.3 Å². The first kappa shape index (κ1) is 21.9. The second-order valence-electron chi connectivity index (χ2n) is 6.94. The number of carbonyl (C=O) groups excluding carboxylic acids is 1. The van der Waals surface area contributed by atoms with Crippen molar-refractivity contribution in [3.63, 3.8) is 0 Å². The molecule has 2 aromatic carbocycles. The molecule has 0 aliphatic heterocycles. The number of sulfone groups is 1. The summed E-state index contributed by atoms with van der Waals surface area (Å²) in [6.07, 6.45) is 0.950. The average Bonchev–Trinajstić information content (AvgIpc) is 2.60. The van der Waals surface area contributed by atoms with Crippen molar-refractivity contribution in [2.75, 3.05) is 20.0 Å². The Morgan fingerprint density at radius 2 is 1.57 bits per heavy atom. The highest BCUT2D eigenvalue weighted by Crippen LogP contribution is 2.30. The second-order valence-corrected chi connectivity index (χ2v) is 8.96. The summed E-state index contributed by atoms with van der Waals surface area (Å²) in [4.78, 5) is 12.7. The molecule has 0 aliphatic rings. The third kappa shape index (κ3) is 6.07. The molecule has 0 aliphatic carbocycles. The van der Waals surface area contributed by atoms with Crippen LogP contribution < -0.4 is 9.47 Å². The lowest BCUT2D eigenvalue weighted by atomic mass is 10.0. The Hall–Kier alpha value is -2.38. The van der Waals surface area contributed by atoms with Gasteiger partial charge in [0.15, 0.2) is 15.6 Å². The highest BCUT2D eigenvalue weighted by Gasteiger charge is 2.15. The monoisotopic (exact) mass is 406 g/mol. The van der Waals surface area contributed by atoms with Crippen LogP contribution in [0.2, 0.25) is 0 Å². The lowest BCUT2D eigenvalue weighted by Crippen LogP contribution is -2.18. The van der Waals surface area contributed by atoms with E-state index in [1.165, 1.54) is 12.1 Å². The second kappa shape index (κ2) is 9.21. The van der Waals surface area contributed by atoms with Crippen LogP contribution in [0.25, 0.3) is 0 Å². The van der Waals surface area contributed by atoms with E-state index in [9.17, 15) is 13.2 Å². The van der Waals surface area contributed by atoms with Gasteiger partial charge in [0.1, 0.15) is 23.4 Å². The summed E-state index contributed by atoms with van der Waals surface area (Å²) in [5, 5.41) is 0. The van der Waals surface area contributed by atoms with Crippen LogP contribution >= 0.6 is 0 Å². The number of benzene rings is 2. The predicted octanol–water partition coefficient (Wildman–Crippen LogP) is 4.13. The molecule has 28 heavy (non-hydrogen) atoms.